The average Bonchev–Trinajstić information content (AvgIpc) is 3.10. The Morgan fingerprint density at radius 2 is 1.93 bits per heavy atom. The molecular formula is C22H27ClN3O3+. The van der Waals surface area contributed by atoms with Crippen molar-refractivity contribution < 1.29 is 19.2 Å². The Morgan fingerprint density at radius 3 is 2.62 bits per heavy atom. The number of hydrogen-bond acceptors (Lipinski definition) is 4. The van der Waals surface area contributed by atoms with Gasteiger partial charge in [-0.15, -0.1) is 0 Å². The Balaban J connectivity index is 1.86. The lowest BCUT2D eigenvalue weighted by molar-refractivity contribution is -0.871. The number of phenolic OH excluding ortho intramolecular Hbond substituents is 1. The lowest BCUT2D eigenvalue weighted by Crippen LogP contribution is -2.60. The number of amides is 2. The van der Waals surface area contributed by atoms with E-state index in [1.54, 1.807) is 12.1 Å². The average molecular weight is 417 g/mol. The third-order valence-corrected chi connectivity index (χ3v) is 5.96. The van der Waals surface area contributed by atoms with Crippen molar-refractivity contribution in [2.45, 2.75) is 44.3 Å². The lowest BCUT2D eigenvalue weighted by atomic mass is 10.0. The summed E-state index contributed by atoms with van der Waals surface area (Å²) < 4.78 is -0.119. The molecule has 0 aromatic heterocycles. The Kier molecular flexibility index (Phi) is 6.57. The first kappa shape index (κ1) is 21.3. The van der Waals surface area contributed by atoms with Crippen LogP contribution in [0.5, 0.6) is 5.75 Å². The van der Waals surface area contributed by atoms with Crippen LogP contribution in [0.2, 0.25) is 5.02 Å². The van der Waals surface area contributed by atoms with Crippen molar-refractivity contribution in [2.75, 3.05) is 6.54 Å². The smallest absolute Gasteiger partial charge is 0.316 e. The van der Waals surface area contributed by atoms with Gasteiger partial charge in [-0.05, 0) is 30.2 Å². The normalized spacial score (nSPS) is 22.3. The Morgan fingerprint density at radius 1 is 1.21 bits per heavy atom. The van der Waals surface area contributed by atoms with Crippen LogP contribution in [0.25, 0.3) is 0 Å². The zero-order valence-electron chi connectivity index (χ0n) is 16.3. The monoisotopic (exact) mass is 416 g/mol. The first-order chi connectivity index (χ1) is 13.8. The van der Waals surface area contributed by atoms with Crippen LogP contribution in [0.4, 0.5) is 0 Å². The van der Waals surface area contributed by atoms with Crippen LogP contribution in [-0.4, -0.2) is 40.0 Å². The molecule has 1 aliphatic rings. The first-order valence-electron chi connectivity index (χ1n) is 9.78. The van der Waals surface area contributed by atoms with Gasteiger partial charge in [0, 0.05) is 23.9 Å². The van der Waals surface area contributed by atoms with Crippen molar-refractivity contribution in [1.82, 2.24) is 0 Å². The van der Waals surface area contributed by atoms with Crippen LogP contribution < -0.4 is 11.5 Å². The number of halogens is 1. The Labute approximate surface area is 175 Å². The number of aromatic hydroxyl groups is 1. The molecule has 1 saturated heterocycles. The highest BCUT2D eigenvalue weighted by atomic mass is 35.5. The molecule has 3 atom stereocenters. The largest absolute Gasteiger partial charge is 0.507 e. The van der Waals surface area contributed by atoms with Gasteiger partial charge in [-0.3, -0.25) is 4.79 Å². The number of carbonyl (C=O) groups is 2. The second-order valence-corrected chi connectivity index (χ2v) is 8.23. The van der Waals surface area contributed by atoms with Gasteiger partial charge in [-0.1, -0.05) is 41.9 Å². The van der Waals surface area contributed by atoms with Crippen molar-refractivity contribution in [3.8, 4) is 5.75 Å². The minimum Gasteiger partial charge on any atom is -0.507 e. The van der Waals surface area contributed by atoms with E-state index in [-0.39, 0.29) is 35.1 Å². The summed E-state index contributed by atoms with van der Waals surface area (Å²) in [6.45, 7) is 0.646. The first-order valence-corrected chi connectivity index (χ1v) is 10.2. The molecule has 3 rings (SSSR count). The number of primary amides is 1. The van der Waals surface area contributed by atoms with E-state index in [9.17, 15) is 14.7 Å². The number of nitrogens with two attached hydrogens (primary N) is 2. The predicted molar refractivity (Wildman–Crippen MR) is 112 cm³/mol. The van der Waals surface area contributed by atoms with Gasteiger partial charge in [-0.25, -0.2) is 9.28 Å². The molecule has 6 nitrogen and oxygen atoms in total. The summed E-state index contributed by atoms with van der Waals surface area (Å²) in [5.74, 6) is -0.591. The van der Waals surface area contributed by atoms with Crippen molar-refractivity contribution in [1.29, 1.82) is 0 Å². The highest BCUT2D eigenvalue weighted by molar-refractivity contribution is 6.30. The van der Waals surface area contributed by atoms with Crippen molar-refractivity contribution in [3.05, 3.63) is 64.7 Å². The zero-order valence-corrected chi connectivity index (χ0v) is 17.0. The van der Waals surface area contributed by atoms with Crippen LogP contribution in [0, 0.1) is 0 Å². The molecule has 1 unspecified atom stereocenters. The van der Waals surface area contributed by atoms with Gasteiger partial charge >= 0.3 is 5.91 Å². The molecule has 29 heavy (non-hydrogen) atoms. The molecule has 1 fully saturated rings. The van der Waals surface area contributed by atoms with E-state index in [2.05, 4.69) is 0 Å². The molecule has 7 heteroatoms. The lowest BCUT2D eigenvalue weighted by Gasteiger charge is -2.37. The van der Waals surface area contributed by atoms with Crippen LogP contribution in [0.1, 0.15) is 30.4 Å². The van der Waals surface area contributed by atoms with Crippen LogP contribution in [-0.2, 0) is 22.6 Å². The third kappa shape index (κ3) is 4.78. The third-order valence-electron chi connectivity index (χ3n) is 5.73. The second-order valence-electron chi connectivity index (χ2n) is 7.80. The number of rotatable bonds is 7. The number of benzene rings is 2. The number of nitrogens with zero attached hydrogens (tertiary/aromatic N) is 1. The van der Waals surface area contributed by atoms with E-state index in [4.69, 9.17) is 23.1 Å². The standard InChI is InChI=1S/C22H26ClN3O3/c23-17-8-9-20(27)16(12-17)14-26(10-4-7-19(26)22(25)29)21(28)13-18(24)11-15-5-2-1-3-6-15/h1-3,5-6,8-9,12,18-19H,4,7,10-11,13-14,24H2,(H2-,25,27,29)/p+1/t18-,19+,26?/m1/s1. The molecule has 5 N–H and O–H groups in total. The maximum absolute atomic E-state index is 13.5. The molecular weight excluding hydrogens is 390 g/mol. The number of quaternary nitrogens is 1. The van der Waals surface area contributed by atoms with Gasteiger partial charge in [0.15, 0.2) is 6.04 Å². The molecule has 1 aliphatic heterocycles. The predicted octanol–water partition coefficient (Wildman–Crippen LogP) is 2.50. The fraction of sp³-hybridized carbons (Fsp3) is 0.364. The fourth-order valence-corrected chi connectivity index (χ4v) is 4.51. The molecule has 2 amide bonds. The van der Waals surface area contributed by atoms with Gasteiger partial charge in [0.1, 0.15) is 12.3 Å². The topological polar surface area (TPSA) is 106 Å². The van der Waals surface area contributed by atoms with E-state index >= 15 is 0 Å². The van der Waals surface area contributed by atoms with Gasteiger partial charge in [0.25, 0.3) is 5.91 Å². The van der Waals surface area contributed by atoms with Crippen LogP contribution in [0.3, 0.4) is 0 Å². The summed E-state index contributed by atoms with van der Waals surface area (Å²) >= 11 is 6.09. The van der Waals surface area contributed by atoms with Crippen LogP contribution in [0.15, 0.2) is 48.5 Å². The zero-order chi connectivity index (χ0) is 21.0. The van der Waals surface area contributed by atoms with E-state index in [0.717, 1.165) is 5.56 Å². The van der Waals surface area contributed by atoms with E-state index in [0.29, 0.717) is 36.4 Å². The van der Waals surface area contributed by atoms with Gasteiger partial charge in [0.2, 0.25) is 0 Å². The van der Waals surface area contributed by atoms with Crippen LogP contribution >= 0.6 is 11.6 Å². The highest BCUT2D eigenvalue weighted by Gasteiger charge is 2.51. The molecule has 2 aromatic rings. The van der Waals surface area contributed by atoms with Gasteiger partial charge in [-0.2, -0.15) is 0 Å². The summed E-state index contributed by atoms with van der Waals surface area (Å²) in [7, 11) is 0. The number of likely N-dealkylation sites (tertiary alicyclic amines) is 1. The summed E-state index contributed by atoms with van der Waals surface area (Å²) in [6.07, 6.45) is 1.93. The molecule has 2 aromatic carbocycles. The van der Waals surface area contributed by atoms with Crippen molar-refractivity contribution in [3.63, 3.8) is 0 Å². The summed E-state index contributed by atoms with van der Waals surface area (Å²) in [5.41, 5.74) is 13.5. The number of phenols is 1. The van der Waals surface area contributed by atoms with E-state index in [1.807, 2.05) is 30.3 Å². The van der Waals surface area contributed by atoms with Crippen molar-refractivity contribution in [2.24, 2.45) is 11.5 Å². The summed E-state index contributed by atoms with van der Waals surface area (Å²) in [6, 6.07) is 13.4. The minimum atomic E-state index is -0.634. The Hall–Kier alpha value is -2.41. The molecule has 0 bridgehead atoms. The molecule has 0 aliphatic carbocycles. The second kappa shape index (κ2) is 8.95. The van der Waals surface area contributed by atoms with E-state index < -0.39 is 11.9 Å². The summed E-state index contributed by atoms with van der Waals surface area (Å²) in [5, 5.41) is 10.7. The summed E-state index contributed by atoms with van der Waals surface area (Å²) in [4.78, 5) is 25.6. The minimum absolute atomic E-state index is 0.0448. The number of carbonyl (C=O) groups excluding carboxylic acids is 2. The quantitative estimate of drug-likeness (QED) is 0.603. The molecule has 0 radical (unpaired) electrons. The molecule has 1 heterocycles. The highest BCUT2D eigenvalue weighted by Crippen LogP contribution is 2.35. The molecule has 0 saturated carbocycles. The maximum Gasteiger partial charge on any atom is 0.316 e. The fourth-order valence-electron chi connectivity index (χ4n) is 4.31. The molecule has 0 spiro atoms. The maximum atomic E-state index is 13.5. The van der Waals surface area contributed by atoms with Gasteiger partial charge < -0.3 is 16.6 Å². The molecule has 154 valence electrons. The SMILES string of the molecule is NC(=O)[C@@H]1CCC[N+]1(Cc1cc(Cl)ccc1O)C(=O)C[C@H](N)Cc1ccccc1. The van der Waals surface area contributed by atoms with Gasteiger partial charge in [0.05, 0.1) is 18.5 Å². The number of hydrogen-bond donors (Lipinski definition) is 3. The Bertz CT molecular complexity index is 890. The van der Waals surface area contributed by atoms with Crippen molar-refractivity contribution >= 4 is 23.4 Å². The van der Waals surface area contributed by atoms with E-state index in [1.165, 1.54) is 6.07 Å².